The van der Waals surface area contributed by atoms with Gasteiger partial charge in [-0.05, 0) is 61.2 Å². The molecule has 2 aromatic carbocycles. The Morgan fingerprint density at radius 2 is 1.74 bits per heavy atom. The van der Waals surface area contributed by atoms with E-state index in [4.69, 9.17) is 0 Å². The summed E-state index contributed by atoms with van der Waals surface area (Å²) in [6.45, 7) is 4.35. The number of hydrogen-bond donors (Lipinski definition) is 1. The predicted molar refractivity (Wildman–Crippen MR) is 123 cm³/mol. The Bertz CT molecular complexity index is 1040. The first-order valence-electron chi connectivity index (χ1n) is 11.0. The molecule has 2 aliphatic rings. The van der Waals surface area contributed by atoms with Crippen LogP contribution in [-0.4, -0.2) is 58.2 Å². The molecule has 0 unspecified atom stereocenters. The van der Waals surface area contributed by atoms with Crippen molar-refractivity contribution in [1.29, 1.82) is 0 Å². The van der Waals surface area contributed by atoms with Gasteiger partial charge in [0.2, 0.25) is 5.91 Å². The van der Waals surface area contributed by atoms with Crippen LogP contribution in [0.1, 0.15) is 29.5 Å². The Balaban J connectivity index is 1.33. The van der Waals surface area contributed by atoms with Crippen molar-refractivity contribution in [2.45, 2.75) is 37.1 Å². The fourth-order valence-corrected chi connectivity index (χ4v) is 5.67. The lowest BCUT2D eigenvalue weighted by molar-refractivity contribution is -0.120. The molecule has 2 aromatic rings. The van der Waals surface area contributed by atoms with Crippen molar-refractivity contribution >= 4 is 21.4 Å². The predicted octanol–water partition coefficient (Wildman–Crippen LogP) is 2.41. The van der Waals surface area contributed by atoms with Gasteiger partial charge in [-0.2, -0.15) is 0 Å². The molecule has 0 saturated carbocycles. The van der Waals surface area contributed by atoms with Crippen LogP contribution in [0.2, 0.25) is 0 Å². The summed E-state index contributed by atoms with van der Waals surface area (Å²) in [5.41, 5.74) is 4.57. The lowest BCUT2D eigenvalue weighted by atomic mass is 10.1. The van der Waals surface area contributed by atoms with Crippen molar-refractivity contribution in [2.24, 2.45) is 0 Å². The first-order chi connectivity index (χ1) is 14.9. The van der Waals surface area contributed by atoms with E-state index >= 15 is 0 Å². The molecule has 31 heavy (non-hydrogen) atoms. The van der Waals surface area contributed by atoms with Crippen molar-refractivity contribution in [2.75, 3.05) is 43.9 Å². The van der Waals surface area contributed by atoms with Crippen molar-refractivity contribution in [3.05, 3.63) is 59.2 Å². The lowest BCUT2D eigenvalue weighted by Gasteiger charge is -2.35. The minimum atomic E-state index is -3.46. The number of nitrogens with zero attached hydrogens (tertiary/aromatic N) is 2. The van der Waals surface area contributed by atoms with Crippen LogP contribution in [0, 0.1) is 0 Å². The summed E-state index contributed by atoms with van der Waals surface area (Å²) in [5, 5.41) is 2.91. The van der Waals surface area contributed by atoms with Crippen LogP contribution in [0.4, 0.5) is 5.69 Å². The Hall–Kier alpha value is -2.38. The van der Waals surface area contributed by atoms with Crippen LogP contribution < -0.4 is 10.2 Å². The lowest BCUT2D eigenvalue weighted by Crippen LogP contribution is -2.45. The van der Waals surface area contributed by atoms with Gasteiger partial charge in [-0.25, -0.2) is 8.42 Å². The monoisotopic (exact) mass is 441 g/mol. The third kappa shape index (κ3) is 5.28. The molecule has 0 atom stereocenters. The highest BCUT2D eigenvalue weighted by molar-refractivity contribution is 7.91. The molecule has 1 amide bonds. The molecule has 7 heteroatoms. The zero-order valence-electron chi connectivity index (χ0n) is 18.1. The summed E-state index contributed by atoms with van der Waals surface area (Å²) in [4.78, 5) is 17.4. The standard InChI is InChI=1S/C24H31N3O3S/c1-26-12-14-27(15-13-26)23-8-3-2-5-21(23)18-25-24(28)11-16-31(29,30)22-10-9-19-6-4-7-20(19)17-22/h2-3,5,8-10,17H,4,6-7,11-16,18H2,1H3,(H,25,28). The summed E-state index contributed by atoms with van der Waals surface area (Å²) in [7, 11) is -1.34. The average Bonchev–Trinajstić information content (AvgIpc) is 3.25. The highest BCUT2D eigenvalue weighted by atomic mass is 32.2. The molecule has 6 nitrogen and oxygen atoms in total. The number of nitrogens with one attached hydrogen (secondary N) is 1. The minimum Gasteiger partial charge on any atom is -0.369 e. The number of sulfone groups is 1. The number of benzene rings is 2. The van der Waals surface area contributed by atoms with Gasteiger partial charge in [-0.15, -0.1) is 0 Å². The van der Waals surface area contributed by atoms with E-state index in [0.29, 0.717) is 11.4 Å². The molecule has 1 N–H and O–H groups in total. The molecule has 1 saturated heterocycles. The maximum Gasteiger partial charge on any atom is 0.221 e. The summed E-state index contributed by atoms with van der Waals surface area (Å²) >= 11 is 0. The number of carbonyl (C=O) groups excluding carboxylic acids is 1. The van der Waals surface area contributed by atoms with E-state index in [1.165, 1.54) is 5.56 Å². The number of likely N-dealkylation sites (N-methyl/N-ethyl adjacent to an activating group) is 1. The van der Waals surface area contributed by atoms with E-state index in [1.807, 2.05) is 24.3 Å². The number of rotatable bonds is 7. The van der Waals surface area contributed by atoms with Gasteiger partial charge in [0.15, 0.2) is 9.84 Å². The molecule has 1 heterocycles. The highest BCUT2D eigenvalue weighted by Crippen LogP contribution is 2.25. The molecule has 166 valence electrons. The van der Waals surface area contributed by atoms with Gasteiger partial charge < -0.3 is 15.1 Å². The molecule has 4 rings (SSSR count). The van der Waals surface area contributed by atoms with Crippen molar-refractivity contribution in [3.63, 3.8) is 0 Å². The summed E-state index contributed by atoms with van der Waals surface area (Å²) in [6, 6.07) is 13.5. The number of hydrogen-bond acceptors (Lipinski definition) is 5. The van der Waals surface area contributed by atoms with Gasteiger partial charge in [0.05, 0.1) is 10.6 Å². The SMILES string of the molecule is CN1CCN(c2ccccc2CNC(=O)CCS(=O)(=O)c2ccc3c(c2)CCC3)CC1. The number of amides is 1. The molecule has 0 radical (unpaired) electrons. The van der Waals surface area contributed by atoms with Crippen LogP contribution in [0.25, 0.3) is 0 Å². The van der Waals surface area contributed by atoms with E-state index < -0.39 is 9.84 Å². The van der Waals surface area contributed by atoms with Crippen LogP contribution in [0.3, 0.4) is 0 Å². The molecule has 1 aliphatic heterocycles. The first-order valence-corrected chi connectivity index (χ1v) is 12.7. The second-order valence-corrected chi connectivity index (χ2v) is 10.7. The third-order valence-corrected chi connectivity index (χ3v) is 8.05. The van der Waals surface area contributed by atoms with Gasteiger partial charge >= 0.3 is 0 Å². The van der Waals surface area contributed by atoms with Gasteiger partial charge in [-0.3, -0.25) is 4.79 Å². The quantitative estimate of drug-likeness (QED) is 0.715. The minimum absolute atomic E-state index is 0.0317. The molecular weight excluding hydrogens is 410 g/mol. The third-order valence-electron chi connectivity index (χ3n) is 6.34. The number of anilines is 1. The molecule has 1 fully saturated rings. The topological polar surface area (TPSA) is 69.7 Å². The Morgan fingerprint density at radius 1 is 1.00 bits per heavy atom. The summed E-state index contributed by atoms with van der Waals surface area (Å²) < 4.78 is 25.4. The molecule has 1 aliphatic carbocycles. The van der Waals surface area contributed by atoms with Gasteiger partial charge in [0.25, 0.3) is 0 Å². The number of para-hydroxylation sites is 1. The van der Waals surface area contributed by atoms with Crippen molar-refractivity contribution in [1.82, 2.24) is 10.2 Å². The zero-order valence-corrected chi connectivity index (χ0v) is 19.0. The fourth-order valence-electron chi connectivity index (χ4n) is 4.38. The van der Waals surface area contributed by atoms with Crippen LogP contribution in [-0.2, 0) is 34.0 Å². The van der Waals surface area contributed by atoms with Crippen LogP contribution in [0.5, 0.6) is 0 Å². The average molecular weight is 442 g/mol. The van der Waals surface area contributed by atoms with Crippen LogP contribution >= 0.6 is 0 Å². The number of fused-ring (bicyclic) bond motifs is 1. The summed E-state index contributed by atoms with van der Waals surface area (Å²) in [5.74, 6) is -0.407. The van der Waals surface area contributed by atoms with Crippen molar-refractivity contribution < 1.29 is 13.2 Å². The van der Waals surface area contributed by atoms with E-state index in [-0.39, 0.29) is 18.1 Å². The van der Waals surface area contributed by atoms with Gasteiger partial charge in [0.1, 0.15) is 0 Å². The molecule has 0 spiro atoms. The zero-order chi connectivity index (χ0) is 21.8. The number of piperazine rings is 1. The number of aryl methyl sites for hydroxylation is 2. The highest BCUT2D eigenvalue weighted by Gasteiger charge is 2.20. The van der Waals surface area contributed by atoms with E-state index in [9.17, 15) is 13.2 Å². The van der Waals surface area contributed by atoms with E-state index in [2.05, 4.69) is 28.2 Å². The Morgan fingerprint density at radius 3 is 2.55 bits per heavy atom. The van der Waals surface area contributed by atoms with E-state index in [0.717, 1.165) is 62.3 Å². The van der Waals surface area contributed by atoms with Gasteiger partial charge in [0, 0.05) is 44.8 Å². The maximum atomic E-state index is 12.7. The maximum absolute atomic E-state index is 12.7. The second kappa shape index (κ2) is 9.40. The summed E-state index contributed by atoms with van der Waals surface area (Å²) in [6.07, 6.45) is 3.01. The number of carbonyl (C=O) groups is 1. The van der Waals surface area contributed by atoms with E-state index in [1.54, 1.807) is 12.1 Å². The second-order valence-electron chi connectivity index (χ2n) is 8.55. The fraction of sp³-hybridized carbons (Fsp3) is 0.458. The molecule has 0 aromatic heterocycles. The van der Waals surface area contributed by atoms with Gasteiger partial charge in [-0.1, -0.05) is 24.3 Å². The van der Waals surface area contributed by atoms with Crippen molar-refractivity contribution in [3.8, 4) is 0 Å². The largest absolute Gasteiger partial charge is 0.369 e. The molecular formula is C24H31N3O3S. The Labute approximate surface area is 185 Å². The van der Waals surface area contributed by atoms with Crippen LogP contribution in [0.15, 0.2) is 47.4 Å². The first kappa shape index (κ1) is 21.8. The molecule has 0 bridgehead atoms. The normalized spacial score (nSPS) is 16.9. The Kier molecular flexibility index (Phi) is 6.62. The smallest absolute Gasteiger partial charge is 0.221 e.